The molecule has 0 saturated heterocycles. The van der Waals surface area contributed by atoms with Crippen LogP contribution in [0.5, 0.6) is 0 Å². The van der Waals surface area contributed by atoms with Crippen LogP contribution in [0.15, 0.2) is 30.5 Å². The summed E-state index contributed by atoms with van der Waals surface area (Å²) in [4.78, 5) is 39.2. The van der Waals surface area contributed by atoms with Crippen molar-refractivity contribution in [3.63, 3.8) is 0 Å². The van der Waals surface area contributed by atoms with Gasteiger partial charge in [-0.2, -0.15) is 18.3 Å². The summed E-state index contributed by atoms with van der Waals surface area (Å²) in [5.74, 6) is -1.39. The van der Waals surface area contributed by atoms with Crippen molar-refractivity contribution in [2.24, 2.45) is 17.8 Å². The molecule has 41 heavy (non-hydrogen) atoms. The quantitative estimate of drug-likeness (QED) is 0.340. The van der Waals surface area contributed by atoms with Crippen LogP contribution < -0.4 is 16.0 Å². The van der Waals surface area contributed by atoms with Gasteiger partial charge in [0, 0.05) is 17.9 Å². The Labute approximate surface area is 236 Å². The zero-order chi connectivity index (χ0) is 29.7. The van der Waals surface area contributed by atoms with E-state index in [0.717, 1.165) is 31.2 Å². The molecule has 3 aliphatic carbocycles. The SMILES string of the molecule is CC(C)n1nccc1C(=O)N[C@H](C(=O)Nc1ccc2c(c1)CC[C@H]2NC(=O)[C@](C)(O)C(F)(F)F)C(C1CC1)C1CC1. The van der Waals surface area contributed by atoms with Crippen molar-refractivity contribution in [2.75, 3.05) is 5.32 Å². The Hall–Kier alpha value is -3.41. The van der Waals surface area contributed by atoms with E-state index < -0.39 is 29.8 Å². The fourth-order valence-electron chi connectivity index (χ4n) is 5.84. The highest BCUT2D eigenvalue weighted by Gasteiger charge is 2.56. The molecule has 0 bridgehead atoms. The molecule has 2 saturated carbocycles. The minimum atomic E-state index is -5.11. The zero-order valence-corrected chi connectivity index (χ0v) is 23.3. The van der Waals surface area contributed by atoms with Crippen LogP contribution in [0.1, 0.15) is 86.6 Å². The minimum absolute atomic E-state index is 0.0275. The Balaban J connectivity index is 1.31. The number of rotatable bonds is 10. The van der Waals surface area contributed by atoms with Crippen LogP contribution >= 0.6 is 0 Å². The van der Waals surface area contributed by atoms with Crippen molar-refractivity contribution in [2.45, 2.75) is 89.2 Å². The van der Waals surface area contributed by atoms with Crippen LogP contribution in [0.25, 0.3) is 0 Å². The molecule has 12 heteroatoms. The number of nitrogens with one attached hydrogen (secondary N) is 3. The van der Waals surface area contributed by atoms with Crippen molar-refractivity contribution in [3.8, 4) is 0 Å². The number of amides is 3. The van der Waals surface area contributed by atoms with E-state index in [0.29, 0.717) is 48.5 Å². The Morgan fingerprint density at radius 1 is 1.05 bits per heavy atom. The van der Waals surface area contributed by atoms with Gasteiger partial charge in [0.2, 0.25) is 11.5 Å². The number of carbonyl (C=O) groups excluding carboxylic acids is 3. The zero-order valence-electron chi connectivity index (χ0n) is 23.3. The second kappa shape index (κ2) is 10.8. The normalized spacial score (nSPS) is 20.9. The van der Waals surface area contributed by atoms with Gasteiger partial charge in [0.1, 0.15) is 11.7 Å². The van der Waals surface area contributed by atoms with E-state index in [-0.39, 0.29) is 23.8 Å². The van der Waals surface area contributed by atoms with E-state index in [4.69, 9.17) is 0 Å². The van der Waals surface area contributed by atoms with E-state index in [9.17, 15) is 32.7 Å². The van der Waals surface area contributed by atoms with E-state index in [1.807, 2.05) is 13.8 Å². The molecule has 2 fully saturated rings. The summed E-state index contributed by atoms with van der Waals surface area (Å²) in [5.41, 5.74) is -1.20. The molecule has 0 radical (unpaired) electrons. The molecule has 1 aromatic carbocycles. The second-order valence-electron chi connectivity index (χ2n) is 12.0. The first-order chi connectivity index (χ1) is 19.3. The topological polar surface area (TPSA) is 125 Å². The van der Waals surface area contributed by atoms with Crippen LogP contribution in [-0.2, 0) is 16.0 Å². The molecule has 0 unspecified atom stereocenters. The number of benzene rings is 1. The molecule has 2 aromatic rings. The average Bonchev–Trinajstić information content (AvgIpc) is 3.83. The molecule has 222 valence electrons. The molecule has 4 N–H and O–H groups in total. The van der Waals surface area contributed by atoms with Crippen molar-refractivity contribution in [3.05, 3.63) is 47.3 Å². The van der Waals surface area contributed by atoms with Crippen molar-refractivity contribution in [1.82, 2.24) is 20.4 Å². The number of nitrogens with zero attached hydrogens (tertiary/aromatic N) is 2. The summed E-state index contributed by atoms with van der Waals surface area (Å²) in [6.07, 6.45) is 1.40. The monoisotopic (exact) mass is 575 g/mol. The molecule has 3 atom stereocenters. The Bertz CT molecular complexity index is 1320. The van der Waals surface area contributed by atoms with E-state index in [1.54, 1.807) is 35.1 Å². The minimum Gasteiger partial charge on any atom is -0.373 e. The summed E-state index contributed by atoms with van der Waals surface area (Å²) in [6, 6.07) is 5.23. The lowest BCUT2D eigenvalue weighted by molar-refractivity contribution is -0.245. The van der Waals surface area contributed by atoms with Gasteiger partial charge in [-0.05, 0) is 106 Å². The van der Waals surface area contributed by atoms with Gasteiger partial charge in [0.05, 0.1) is 6.04 Å². The number of aliphatic hydroxyl groups is 1. The third-order valence-electron chi connectivity index (χ3n) is 8.47. The van der Waals surface area contributed by atoms with E-state index in [1.165, 1.54) is 0 Å². The number of halogens is 3. The Morgan fingerprint density at radius 3 is 2.29 bits per heavy atom. The molecule has 3 amide bonds. The molecule has 1 aromatic heterocycles. The highest BCUT2D eigenvalue weighted by Crippen LogP contribution is 2.51. The largest absolute Gasteiger partial charge is 0.426 e. The number of carbonyl (C=O) groups is 3. The summed E-state index contributed by atoms with van der Waals surface area (Å²) in [6.45, 7) is 4.28. The highest BCUT2D eigenvalue weighted by atomic mass is 19.4. The van der Waals surface area contributed by atoms with Gasteiger partial charge in [-0.25, -0.2) is 0 Å². The average molecular weight is 576 g/mol. The molecule has 0 spiro atoms. The fraction of sp³-hybridized carbons (Fsp3) is 0.586. The number of anilines is 1. The number of aryl methyl sites for hydroxylation is 1. The third kappa shape index (κ3) is 5.98. The van der Waals surface area contributed by atoms with Gasteiger partial charge in [-0.15, -0.1) is 0 Å². The smallest absolute Gasteiger partial charge is 0.373 e. The molecule has 0 aliphatic heterocycles. The third-order valence-corrected chi connectivity index (χ3v) is 8.47. The second-order valence-corrected chi connectivity index (χ2v) is 12.0. The predicted molar refractivity (Wildman–Crippen MR) is 144 cm³/mol. The van der Waals surface area contributed by atoms with E-state index >= 15 is 0 Å². The van der Waals surface area contributed by atoms with Crippen molar-refractivity contribution >= 4 is 23.4 Å². The van der Waals surface area contributed by atoms with Crippen LogP contribution in [0.4, 0.5) is 18.9 Å². The maximum Gasteiger partial charge on any atom is 0.426 e. The van der Waals surface area contributed by atoms with Crippen molar-refractivity contribution < 1.29 is 32.7 Å². The van der Waals surface area contributed by atoms with Crippen molar-refractivity contribution in [1.29, 1.82) is 0 Å². The summed E-state index contributed by atoms with van der Waals surface area (Å²) < 4.78 is 40.9. The summed E-state index contributed by atoms with van der Waals surface area (Å²) >= 11 is 0. The van der Waals surface area contributed by atoms with Gasteiger partial charge in [0.15, 0.2) is 0 Å². The number of hydrogen-bond donors (Lipinski definition) is 4. The molecule has 9 nitrogen and oxygen atoms in total. The van der Waals surface area contributed by atoms with Crippen LogP contribution in [0.3, 0.4) is 0 Å². The summed E-state index contributed by atoms with van der Waals surface area (Å²) in [7, 11) is 0. The van der Waals surface area contributed by atoms with Gasteiger partial charge >= 0.3 is 6.18 Å². The molecule has 5 rings (SSSR count). The number of alkyl halides is 3. The first kappa shape index (κ1) is 29.1. The fourth-order valence-corrected chi connectivity index (χ4v) is 5.84. The maximum absolute atomic E-state index is 13.7. The van der Waals surface area contributed by atoms with Gasteiger partial charge in [-0.1, -0.05) is 6.07 Å². The first-order valence-corrected chi connectivity index (χ1v) is 14.2. The lowest BCUT2D eigenvalue weighted by Gasteiger charge is -2.28. The number of fused-ring (bicyclic) bond motifs is 1. The molecule has 1 heterocycles. The van der Waals surface area contributed by atoms with Crippen LogP contribution in [0.2, 0.25) is 0 Å². The van der Waals surface area contributed by atoms with Gasteiger partial charge in [-0.3, -0.25) is 19.1 Å². The summed E-state index contributed by atoms with van der Waals surface area (Å²) in [5, 5.41) is 22.2. The first-order valence-electron chi connectivity index (χ1n) is 14.2. The highest BCUT2D eigenvalue weighted by molar-refractivity contribution is 6.01. The number of hydrogen-bond acceptors (Lipinski definition) is 5. The molecular formula is C29H36F3N5O4. The van der Waals surface area contributed by atoms with Gasteiger partial charge in [0.25, 0.3) is 11.8 Å². The van der Waals surface area contributed by atoms with Crippen LogP contribution in [-0.4, -0.2) is 50.4 Å². The van der Waals surface area contributed by atoms with E-state index in [2.05, 4.69) is 21.0 Å². The number of aromatic nitrogens is 2. The standard InChI is InChI=1S/C29H36F3N5O4/c1-15(2)37-22(12-13-33-37)25(38)36-24(23(16-4-5-16)17-6-7-17)26(39)34-19-9-10-20-18(14-19)8-11-21(20)35-27(40)28(3,41)29(30,31)32/h9-10,12-17,21,23-24,41H,4-8,11H2,1-3H3,(H,34,39)(H,35,40)(H,36,38)/t21-,24+,28+/m1/s1. The van der Waals surface area contributed by atoms with Gasteiger partial charge < -0.3 is 21.1 Å². The molecule has 3 aliphatic rings. The Kier molecular flexibility index (Phi) is 7.65. The van der Waals surface area contributed by atoms with Crippen LogP contribution in [0, 0.1) is 17.8 Å². The lowest BCUT2D eigenvalue weighted by Crippen LogP contribution is -2.55. The molecular weight excluding hydrogens is 539 g/mol. The predicted octanol–water partition coefficient (Wildman–Crippen LogP) is 4.05. The lowest BCUT2D eigenvalue weighted by atomic mass is 9.88. The Morgan fingerprint density at radius 2 is 1.71 bits per heavy atom. The maximum atomic E-state index is 13.7.